The maximum Gasteiger partial charge on any atom is 0.437 e. The van der Waals surface area contributed by atoms with Crippen LogP contribution >= 0.6 is 0 Å². The van der Waals surface area contributed by atoms with E-state index in [0.717, 1.165) is 25.9 Å². The number of rotatable bonds is 1. The lowest BCUT2D eigenvalue weighted by molar-refractivity contribution is 0.0309. The molecule has 1 saturated heterocycles. The van der Waals surface area contributed by atoms with Gasteiger partial charge in [0.2, 0.25) is 5.96 Å². The highest BCUT2D eigenvalue weighted by molar-refractivity contribution is 5.99. The maximum absolute atomic E-state index is 12.7. The largest absolute Gasteiger partial charge is 0.443 e. The minimum atomic E-state index is -0.705. The summed E-state index contributed by atoms with van der Waals surface area (Å²) in [4.78, 5) is 32.4. The summed E-state index contributed by atoms with van der Waals surface area (Å²) < 4.78 is 10.8. The summed E-state index contributed by atoms with van der Waals surface area (Å²) in [5, 5.41) is 0. The SMILES string of the molecule is CC(C)N(C(=O)OC(C)(C)C)/C(=N/C(=O)OC(C)(C)C)N1CCCC1. The van der Waals surface area contributed by atoms with Gasteiger partial charge in [-0.25, -0.2) is 14.5 Å². The molecule has 7 heteroatoms. The molecular weight excluding hydrogens is 322 g/mol. The molecule has 1 fully saturated rings. The molecular formula is C18H33N3O4. The van der Waals surface area contributed by atoms with Gasteiger partial charge in [-0.05, 0) is 68.2 Å². The molecule has 0 saturated carbocycles. The van der Waals surface area contributed by atoms with Gasteiger partial charge in [0.1, 0.15) is 11.2 Å². The number of hydrogen-bond donors (Lipinski definition) is 0. The Bertz CT molecular complexity index is 509. The summed E-state index contributed by atoms with van der Waals surface area (Å²) in [6.45, 7) is 16.0. The van der Waals surface area contributed by atoms with E-state index in [4.69, 9.17) is 9.47 Å². The lowest BCUT2D eigenvalue weighted by Gasteiger charge is -2.34. The van der Waals surface area contributed by atoms with E-state index >= 15 is 0 Å². The maximum atomic E-state index is 12.7. The Morgan fingerprint density at radius 3 is 1.84 bits per heavy atom. The van der Waals surface area contributed by atoms with Crippen molar-refractivity contribution in [1.82, 2.24) is 9.80 Å². The van der Waals surface area contributed by atoms with Gasteiger partial charge in [-0.2, -0.15) is 0 Å². The van der Waals surface area contributed by atoms with Gasteiger partial charge in [0.15, 0.2) is 0 Å². The first kappa shape index (κ1) is 21.3. The Hall–Kier alpha value is -1.79. The number of amides is 2. The predicted molar refractivity (Wildman–Crippen MR) is 97.7 cm³/mol. The molecule has 0 aromatic rings. The second-order valence-electron chi connectivity index (χ2n) is 8.53. The molecule has 0 bridgehead atoms. The van der Waals surface area contributed by atoms with Crippen LogP contribution < -0.4 is 0 Å². The number of likely N-dealkylation sites (tertiary alicyclic amines) is 1. The Morgan fingerprint density at radius 1 is 0.960 bits per heavy atom. The van der Waals surface area contributed by atoms with Crippen molar-refractivity contribution < 1.29 is 19.1 Å². The molecule has 0 aromatic heterocycles. The molecule has 0 N–H and O–H groups in total. The van der Waals surface area contributed by atoms with Gasteiger partial charge >= 0.3 is 12.2 Å². The Labute approximate surface area is 151 Å². The van der Waals surface area contributed by atoms with Crippen LogP contribution in [-0.2, 0) is 9.47 Å². The minimum Gasteiger partial charge on any atom is -0.443 e. The minimum absolute atomic E-state index is 0.211. The Morgan fingerprint density at radius 2 is 1.44 bits per heavy atom. The molecule has 1 rings (SSSR count). The molecule has 1 heterocycles. The highest BCUT2D eigenvalue weighted by Gasteiger charge is 2.33. The molecule has 1 aliphatic rings. The molecule has 0 spiro atoms. The first-order chi connectivity index (χ1) is 11.3. The van der Waals surface area contributed by atoms with Crippen molar-refractivity contribution in [2.24, 2.45) is 4.99 Å². The van der Waals surface area contributed by atoms with Gasteiger partial charge in [0, 0.05) is 19.1 Å². The van der Waals surface area contributed by atoms with E-state index in [1.165, 1.54) is 4.90 Å². The number of nitrogens with zero attached hydrogens (tertiary/aromatic N) is 3. The standard InChI is InChI=1S/C18H33N3O4/c1-13(2)21(16(23)25-18(6,7)8)14(20-11-9-10-12-20)19-15(22)24-17(3,4)5/h13H,9-12H2,1-8H3/b19-14+. The highest BCUT2D eigenvalue weighted by atomic mass is 16.6. The van der Waals surface area contributed by atoms with Gasteiger partial charge < -0.3 is 14.4 Å². The van der Waals surface area contributed by atoms with Crippen LogP contribution in [-0.4, -0.2) is 58.3 Å². The molecule has 2 amide bonds. The average molecular weight is 355 g/mol. The smallest absolute Gasteiger partial charge is 0.437 e. The predicted octanol–water partition coefficient (Wildman–Crippen LogP) is 4.02. The van der Waals surface area contributed by atoms with E-state index in [0.29, 0.717) is 5.96 Å². The van der Waals surface area contributed by atoms with Gasteiger partial charge in [-0.1, -0.05) is 0 Å². The van der Waals surface area contributed by atoms with Crippen molar-refractivity contribution in [3.63, 3.8) is 0 Å². The van der Waals surface area contributed by atoms with Crippen molar-refractivity contribution in [1.29, 1.82) is 0 Å². The number of carbonyl (C=O) groups is 2. The Balaban J connectivity index is 3.17. The number of carbonyl (C=O) groups excluding carboxylic acids is 2. The molecule has 144 valence electrons. The summed E-state index contributed by atoms with van der Waals surface area (Å²) in [6, 6.07) is -0.211. The van der Waals surface area contributed by atoms with Crippen LogP contribution in [0.15, 0.2) is 4.99 Å². The van der Waals surface area contributed by atoms with E-state index in [1.54, 1.807) is 20.8 Å². The summed E-state index contributed by atoms with van der Waals surface area (Å²) in [7, 11) is 0. The number of hydrogen-bond acceptors (Lipinski definition) is 4. The fraction of sp³-hybridized carbons (Fsp3) is 0.833. The van der Waals surface area contributed by atoms with Gasteiger partial charge in [0.05, 0.1) is 0 Å². The van der Waals surface area contributed by atoms with E-state index in [-0.39, 0.29) is 6.04 Å². The first-order valence-corrected chi connectivity index (χ1v) is 8.89. The molecule has 25 heavy (non-hydrogen) atoms. The fourth-order valence-electron chi connectivity index (χ4n) is 2.39. The normalized spacial score (nSPS) is 16.2. The molecule has 0 aliphatic carbocycles. The molecule has 0 atom stereocenters. The van der Waals surface area contributed by atoms with Crippen molar-refractivity contribution in [3.05, 3.63) is 0 Å². The topological polar surface area (TPSA) is 71.4 Å². The Kier molecular flexibility index (Phi) is 6.85. The van der Waals surface area contributed by atoms with Crippen LogP contribution in [0.2, 0.25) is 0 Å². The molecule has 0 radical (unpaired) electrons. The lowest BCUT2D eigenvalue weighted by Crippen LogP contribution is -2.51. The number of ether oxygens (including phenoxy) is 2. The van der Waals surface area contributed by atoms with Gasteiger partial charge in [-0.15, -0.1) is 4.99 Å². The van der Waals surface area contributed by atoms with Crippen LogP contribution in [0.4, 0.5) is 9.59 Å². The molecule has 7 nitrogen and oxygen atoms in total. The molecule has 0 aromatic carbocycles. The fourth-order valence-corrected chi connectivity index (χ4v) is 2.39. The monoisotopic (exact) mass is 355 g/mol. The summed E-state index contributed by atoms with van der Waals surface area (Å²) in [5.41, 5.74) is -1.28. The summed E-state index contributed by atoms with van der Waals surface area (Å²) in [6.07, 6.45) is 0.765. The summed E-state index contributed by atoms with van der Waals surface area (Å²) >= 11 is 0. The van der Waals surface area contributed by atoms with E-state index in [2.05, 4.69) is 4.99 Å². The third-order valence-electron chi connectivity index (χ3n) is 3.30. The van der Waals surface area contributed by atoms with E-state index in [9.17, 15) is 9.59 Å². The van der Waals surface area contributed by atoms with Crippen LogP contribution in [0, 0.1) is 0 Å². The van der Waals surface area contributed by atoms with Gasteiger partial charge in [-0.3, -0.25) is 0 Å². The van der Waals surface area contributed by atoms with Crippen LogP contribution in [0.1, 0.15) is 68.2 Å². The van der Waals surface area contributed by atoms with Crippen molar-refractivity contribution in [2.45, 2.75) is 85.5 Å². The zero-order chi connectivity index (χ0) is 19.4. The quantitative estimate of drug-likeness (QED) is 0.525. The second-order valence-corrected chi connectivity index (χ2v) is 8.53. The van der Waals surface area contributed by atoms with Crippen LogP contribution in [0.3, 0.4) is 0 Å². The molecule has 0 unspecified atom stereocenters. The second kappa shape index (κ2) is 8.06. The van der Waals surface area contributed by atoms with Crippen LogP contribution in [0.5, 0.6) is 0 Å². The summed E-state index contributed by atoms with van der Waals surface area (Å²) in [5.74, 6) is 0.302. The average Bonchev–Trinajstić information content (AvgIpc) is 2.85. The first-order valence-electron chi connectivity index (χ1n) is 8.89. The molecule has 1 aliphatic heterocycles. The highest BCUT2D eigenvalue weighted by Crippen LogP contribution is 2.18. The van der Waals surface area contributed by atoms with Gasteiger partial charge in [0.25, 0.3) is 0 Å². The zero-order valence-corrected chi connectivity index (χ0v) is 16.9. The van der Waals surface area contributed by atoms with Crippen molar-refractivity contribution >= 4 is 18.1 Å². The van der Waals surface area contributed by atoms with Crippen molar-refractivity contribution in [3.8, 4) is 0 Å². The third-order valence-corrected chi connectivity index (χ3v) is 3.30. The third kappa shape index (κ3) is 7.32. The van der Waals surface area contributed by atoms with E-state index < -0.39 is 23.4 Å². The lowest BCUT2D eigenvalue weighted by atomic mass is 10.2. The van der Waals surface area contributed by atoms with Crippen LogP contribution in [0.25, 0.3) is 0 Å². The zero-order valence-electron chi connectivity index (χ0n) is 16.9. The van der Waals surface area contributed by atoms with E-state index in [1.807, 2.05) is 39.5 Å². The van der Waals surface area contributed by atoms with Crippen molar-refractivity contribution in [2.75, 3.05) is 13.1 Å². The number of aliphatic imine (C=N–C) groups is 1. The number of guanidine groups is 1.